The van der Waals surface area contributed by atoms with Crippen molar-refractivity contribution in [2.45, 2.75) is 20.1 Å². The summed E-state index contributed by atoms with van der Waals surface area (Å²) >= 11 is 5.78. The lowest BCUT2D eigenvalue weighted by molar-refractivity contribution is 0.242. The standard InChI is InChI=1S/C12H14ClN3O2/c1-2-14-7-11-15-12(18-16-11)8-17-10-5-3-9(13)4-6-10/h3-6,14H,2,7-8H2,1H3. The third kappa shape index (κ3) is 3.72. The summed E-state index contributed by atoms with van der Waals surface area (Å²) in [7, 11) is 0. The normalized spacial score (nSPS) is 10.6. The highest BCUT2D eigenvalue weighted by atomic mass is 35.5. The lowest BCUT2D eigenvalue weighted by Gasteiger charge is -2.02. The average molecular weight is 268 g/mol. The molecule has 1 aromatic heterocycles. The number of halogens is 1. The Hall–Kier alpha value is -1.59. The molecule has 18 heavy (non-hydrogen) atoms. The molecule has 0 amide bonds. The Balaban J connectivity index is 1.86. The molecule has 0 aliphatic carbocycles. The number of rotatable bonds is 6. The quantitative estimate of drug-likeness (QED) is 0.871. The van der Waals surface area contributed by atoms with Crippen LogP contribution in [0.5, 0.6) is 5.75 Å². The number of nitrogens with one attached hydrogen (secondary N) is 1. The fourth-order valence-corrected chi connectivity index (χ4v) is 1.46. The van der Waals surface area contributed by atoms with Crippen LogP contribution in [0.1, 0.15) is 18.6 Å². The first-order chi connectivity index (χ1) is 8.78. The number of ether oxygens (including phenoxy) is 1. The Morgan fingerprint density at radius 2 is 2.11 bits per heavy atom. The van der Waals surface area contributed by atoms with Gasteiger partial charge in [0.15, 0.2) is 12.4 Å². The smallest absolute Gasteiger partial charge is 0.264 e. The van der Waals surface area contributed by atoms with Gasteiger partial charge in [-0.3, -0.25) is 0 Å². The minimum absolute atomic E-state index is 0.251. The summed E-state index contributed by atoms with van der Waals surface area (Å²) in [5.41, 5.74) is 0. The minimum Gasteiger partial charge on any atom is -0.484 e. The Bertz CT molecular complexity index is 484. The van der Waals surface area contributed by atoms with E-state index < -0.39 is 0 Å². The molecule has 0 saturated heterocycles. The largest absolute Gasteiger partial charge is 0.484 e. The Kier molecular flexibility index (Phi) is 4.55. The van der Waals surface area contributed by atoms with Crippen LogP contribution < -0.4 is 10.1 Å². The van der Waals surface area contributed by atoms with Crippen molar-refractivity contribution < 1.29 is 9.26 Å². The van der Waals surface area contributed by atoms with Gasteiger partial charge in [-0.1, -0.05) is 23.7 Å². The highest BCUT2D eigenvalue weighted by molar-refractivity contribution is 6.30. The van der Waals surface area contributed by atoms with Crippen LogP contribution in [-0.4, -0.2) is 16.7 Å². The summed E-state index contributed by atoms with van der Waals surface area (Å²) in [6, 6.07) is 7.11. The molecule has 0 fully saturated rings. The van der Waals surface area contributed by atoms with E-state index in [2.05, 4.69) is 15.5 Å². The van der Waals surface area contributed by atoms with Gasteiger partial charge >= 0.3 is 0 Å². The zero-order valence-electron chi connectivity index (χ0n) is 10.0. The van der Waals surface area contributed by atoms with E-state index in [0.29, 0.717) is 29.0 Å². The third-order valence-corrected chi connectivity index (χ3v) is 2.47. The topological polar surface area (TPSA) is 60.2 Å². The molecule has 0 bridgehead atoms. The maximum absolute atomic E-state index is 5.78. The van der Waals surface area contributed by atoms with Crippen LogP contribution in [0.3, 0.4) is 0 Å². The molecule has 0 saturated carbocycles. The SMILES string of the molecule is CCNCc1noc(COc2ccc(Cl)cc2)n1. The summed E-state index contributed by atoms with van der Waals surface area (Å²) in [6.45, 7) is 3.73. The van der Waals surface area contributed by atoms with E-state index in [0.717, 1.165) is 6.54 Å². The lowest BCUT2D eigenvalue weighted by Crippen LogP contribution is -2.12. The fourth-order valence-electron chi connectivity index (χ4n) is 1.33. The zero-order valence-corrected chi connectivity index (χ0v) is 10.8. The van der Waals surface area contributed by atoms with E-state index in [1.807, 2.05) is 6.92 Å². The summed E-state index contributed by atoms with van der Waals surface area (Å²) in [5.74, 6) is 1.80. The molecule has 0 atom stereocenters. The van der Waals surface area contributed by atoms with Crippen molar-refractivity contribution in [2.75, 3.05) is 6.54 Å². The highest BCUT2D eigenvalue weighted by Crippen LogP contribution is 2.16. The molecule has 0 unspecified atom stereocenters. The molecule has 2 aromatic rings. The Morgan fingerprint density at radius 1 is 1.33 bits per heavy atom. The van der Waals surface area contributed by atoms with Crippen molar-refractivity contribution >= 4 is 11.6 Å². The third-order valence-electron chi connectivity index (χ3n) is 2.22. The van der Waals surface area contributed by atoms with Gasteiger partial charge in [-0.05, 0) is 30.8 Å². The van der Waals surface area contributed by atoms with Gasteiger partial charge in [-0.25, -0.2) is 0 Å². The second-order valence-corrected chi connectivity index (χ2v) is 4.06. The molecular weight excluding hydrogens is 254 g/mol. The van der Waals surface area contributed by atoms with Crippen LogP contribution in [0, 0.1) is 0 Å². The molecule has 0 aliphatic heterocycles. The number of hydrogen-bond donors (Lipinski definition) is 1. The van der Waals surface area contributed by atoms with Crippen LogP contribution >= 0.6 is 11.6 Å². The minimum atomic E-state index is 0.251. The molecule has 5 nitrogen and oxygen atoms in total. The maximum atomic E-state index is 5.78. The van der Waals surface area contributed by atoms with E-state index in [1.54, 1.807) is 24.3 Å². The Morgan fingerprint density at radius 3 is 2.83 bits per heavy atom. The molecule has 1 heterocycles. The van der Waals surface area contributed by atoms with Crippen molar-refractivity contribution in [1.82, 2.24) is 15.5 Å². The van der Waals surface area contributed by atoms with Gasteiger partial charge in [-0.15, -0.1) is 0 Å². The van der Waals surface area contributed by atoms with Crippen LogP contribution in [-0.2, 0) is 13.2 Å². The predicted molar refractivity (Wildman–Crippen MR) is 67.5 cm³/mol. The van der Waals surface area contributed by atoms with Crippen molar-refractivity contribution in [3.05, 3.63) is 41.0 Å². The van der Waals surface area contributed by atoms with Crippen molar-refractivity contribution in [3.63, 3.8) is 0 Å². The monoisotopic (exact) mass is 267 g/mol. The molecule has 1 aromatic carbocycles. The van der Waals surface area contributed by atoms with Crippen LogP contribution in [0.25, 0.3) is 0 Å². The van der Waals surface area contributed by atoms with E-state index in [4.69, 9.17) is 20.9 Å². The van der Waals surface area contributed by atoms with Gasteiger partial charge in [0, 0.05) is 5.02 Å². The van der Waals surface area contributed by atoms with E-state index in [1.165, 1.54) is 0 Å². The summed E-state index contributed by atoms with van der Waals surface area (Å²) < 4.78 is 10.5. The van der Waals surface area contributed by atoms with Crippen LogP contribution in [0.15, 0.2) is 28.8 Å². The molecule has 2 rings (SSSR count). The average Bonchev–Trinajstić information content (AvgIpc) is 2.84. The first-order valence-corrected chi connectivity index (χ1v) is 6.06. The number of aromatic nitrogens is 2. The van der Waals surface area contributed by atoms with Crippen molar-refractivity contribution in [1.29, 1.82) is 0 Å². The predicted octanol–water partition coefficient (Wildman–Crippen LogP) is 2.41. The van der Waals surface area contributed by atoms with Gasteiger partial charge in [0.05, 0.1) is 6.54 Å². The second kappa shape index (κ2) is 6.37. The van der Waals surface area contributed by atoms with Gasteiger partial charge in [0.25, 0.3) is 5.89 Å². The summed E-state index contributed by atoms with van der Waals surface area (Å²) in [4.78, 5) is 4.19. The first kappa shape index (κ1) is 12.9. The van der Waals surface area contributed by atoms with Crippen molar-refractivity contribution in [3.8, 4) is 5.75 Å². The van der Waals surface area contributed by atoms with E-state index in [-0.39, 0.29) is 6.61 Å². The summed E-state index contributed by atoms with van der Waals surface area (Å²) in [5, 5.41) is 7.62. The van der Waals surface area contributed by atoms with Gasteiger partial charge in [-0.2, -0.15) is 4.98 Å². The number of nitrogens with zero attached hydrogens (tertiary/aromatic N) is 2. The zero-order chi connectivity index (χ0) is 12.8. The molecular formula is C12H14ClN3O2. The molecule has 96 valence electrons. The lowest BCUT2D eigenvalue weighted by atomic mass is 10.3. The fraction of sp³-hybridized carbons (Fsp3) is 0.333. The van der Waals surface area contributed by atoms with Crippen LogP contribution in [0.4, 0.5) is 0 Å². The van der Waals surface area contributed by atoms with Gasteiger partial charge in [0.1, 0.15) is 5.75 Å². The molecule has 0 spiro atoms. The van der Waals surface area contributed by atoms with Crippen molar-refractivity contribution in [2.24, 2.45) is 0 Å². The van der Waals surface area contributed by atoms with Gasteiger partial charge < -0.3 is 14.6 Å². The molecule has 1 N–H and O–H groups in total. The Labute approximate surface area is 110 Å². The molecule has 0 aliphatic rings. The molecule has 6 heteroatoms. The second-order valence-electron chi connectivity index (χ2n) is 3.63. The summed E-state index contributed by atoms with van der Waals surface area (Å²) in [6.07, 6.45) is 0. The highest BCUT2D eigenvalue weighted by Gasteiger charge is 2.06. The number of hydrogen-bond acceptors (Lipinski definition) is 5. The van der Waals surface area contributed by atoms with Crippen LogP contribution in [0.2, 0.25) is 5.02 Å². The first-order valence-electron chi connectivity index (χ1n) is 5.68. The van der Waals surface area contributed by atoms with Gasteiger partial charge in [0.2, 0.25) is 0 Å². The molecule has 0 radical (unpaired) electrons. The van der Waals surface area contributed by atoms with E-state index >= 15 is 0 Å². The number of benzene rings is 1. The maximum Gasteiger partial charge on any atom is 0.264 e. The van der Waals surface area contributed by atoms with E-state index in [9.17, 15) is 0 Å².